The first-order valence-electron chi connectivity index (χ1n) is 5.89. The molecule has 0 atom stereocenters. The number of methoxy groups -OCH3 is 1. The van der Waals surface area contributed by atoms with Crippen molar-refractivity contribution >= 4 is 49.1 Å². The Morgan fingerprint density at radius 3 is 2.45 bits per heavy atom. The number of hydrogen-bond acceptors (Lipinski definition) is 3. The highest BCUT2D eigenvalue weighted by Crippen LogP contribution is 2.34. The van der Waals surface area contributed by atoms with Crippen LogP contribution in [0, 0.1) is 6.92 Å². The molecule has 20 heavy (non-hydrogen) atoms. The van der Waals surface area contributed by atoms with Crippen LogP contribution < -0.4 is 10.1 Å². The molecule has 3 nitrogen and oxygen atoms in total. The fraction of sp³-hybridized carbons (Fsp3) is 0.214. The van der Waals surface area contributed by atoms with Gasteiger partial charge in [-0.3, -0.25) is 0 Å². The lowest BCUT2D eigenvalue weighted by Gasteiger charge is -2.11. The molecule has 0 aliphatic heterocycles. The van der Waals surface area contributed by atoms with Gasteiger partial charge in [-0.1, -0.05) is 11.6 Å². The van der Waals surface area contributed by atoms with Gasteiger partial charge < -0.3 is 10.1 Å². The Morgan fingerprint density at radius 1 is 1.25 bits per heavy atom. The molecule has 0 bridgehead atoms. The van der Waals surface area contributed by atoms with Crippen LogP contribution in [0.4, 0.5) is 5.69 Å². The van der Waals surface area contributed by atoms with Crippen molar-refractivity contribution in [3.8, 4) is 5.75 Å². The Bertz CT molecular complexity index is 612. The number of benzene rings is 1. The first kappa shape index (κ1) is 15.6. The van der Waals surface area contributed by atoms with Gasteiger partial charge in [0.1, 0.15) is 10.9 Å². The van der Waals surface area contributed by atoms with Crippen molar-refractivity contribution < 1.29 is 4.74 Å². The van der Waals surface area contributed by atoms with Crippen molar-refractivity contribution in [2.24, 2.45) is 0 Å². The van der Waals surface area contributed by atoms with Gasteiger partial charge in [-0.2, -0.15) is 0 Å². The van der Waals surface area contributed by atoms with E-state index in [1.54, 1.807) is 13.3 Å². The largest absolute Gasteiger partial charge is 0.494 e. The third-order valence-electron chi connectivity index (χ3n) is 2.77. The normalized spacial score (nSPS) is 10.4. The Morgan fingerprint density at radius 2 is 1.90 bits per heavy atom. The minimum Gasteiger partial charge on any atom is -0.494 e. The fourth-order valence-corrected chi connectivity index (χ4v) is 3.48. The number of nitrogens with one attached hydrogen (secondary N) is 1. The topological polar surface area (TPSA) is 34.1 Å². The van der Waals surface area contributed by atoms with E-state index in [9.17, 15) is 0 Å². The fourth-order valence-electron chi connectivity index (χ4n) is 1.77. The van der Waals surface area contributed by atoms with E-state index in [0.29, 0.717) is 11.7 Å². The standard InChI is InChI=1S/C14H13Br2ClN2O/c1-8-3-10(7-19-14(8)17)18-6-9-4-11(15)13(20-2)12(16)5-9/h3-5,7,18H,6H2,1-2H3. The zero-order valence-corrected chi connectivity index (χ0v) is 14.9. The van der Waals surface area contributed by atoms with Gasteiger partial charge in [-0.05, 0) is 68.1 Å². The van der Waals surface area contributed by atoms with Crippen molar-refractivity contribution in [2.75, 3.05) is 12.4 Å². The van der Waals surface area contributed by atoms with Crippen LogP contribution >= 0.6 is 43.5 Å². The first-order valence-corrected chi connectivity index (χ1v) is 7.85. The quantitative estimate of drug-likeness (QED) is 0.692. The Labute approximate surface area is 140 Å². The summed E-state index contributed by atoms with van der Waals surface area (Å²) in [6, 6.07) is 6.02. The minimum absolute atomic E-state index is 0.533. The smallest absolute Gasteiger partial charge is 0.147 e. The van der Waals surface area contributed by atoms with E-state index in [0.717, 1.165) is 31.5 Å². The van der Waals surface area contributed by atoms with Crippen LogP contribution in [-0.4, -0.2) is 12.1 Å². The number of rotatable bonds is 4. The van der Waals surface area contributed by atoms with Crippen LogP contribution in [0.15, 0.2) is 33.3 Å². The summed E-state index contributed by atoms with van der Waals surface area (Å²) in [6.45, 7) is 2.62. The van der Waals surface area contributed by atoms with Crippen LogP contribution in [-0.2, 0) is 6.54 Å². The Kier molecular flexibility index (Phi) is 5.29. The summed E-state index contributed by atoms with van der Waals surface area (Å²) < 4.78 is 7.11. The molecule has 0 aliphatic carbocycles. The van der Waals surface area contributed by atoms with Gasteiger partial charge in [-0.25, -0.2) is 4.98 Å². The molecule has 0 saturated carbocycles. The van der Waals surface area contributed by atoms with Crippen LogP contribution in [0.5, 0.6) is 5.75 Å². The number of halogens is 3. The van der Waals surface area contributed by atoms with E-state index in [1.807, 2.05) is 25.1 Å². The predicted molar refractivity (Wildman–Crippen MR) is 89.7 cm³/mol. The molecule has 0 radical (unpaired) electrons. The monoisotopic (exact) mass is 418 g/mol. The average molecular weight is 421 g/mol. The lowest BCUT2D eigenvalue weighted by molar-refractivity contribution is 0.409. The van der Waals surface area contributed by atoms with Gasteiger partial charge in [-0.15, -0.1) is 0 Å². The Hall–Kier alpha value is -0.780. The van der Waals surface area contributed by atoms with E-state index in [2.05, 4.69) is 42.2 Å². The second-order valence-electron chi connectivity index (χ2n) is 4.28. The number of anilines is 1. The highest BCUT2D eigenvalue weighted by Gasteiger charge is 2.08. The summed E-state index contributed by atoms with van der Waals surface area (Å²) in [5.41, 5.74) is 3.01. The highest BCUT2D eigenvalue weighted by atomic mass is 79.9. The zero-order valence-electron chi connectivity index (χ0n) is 11.0. The number of pyridine rings is 1. The summed E-state index contributed by atoms with van der Waals surface area (Å²) in [5.74, 6) is 0.790. The lowest BCUT2D eigenvalue weighted by Crippen LogP contribution is -2.01. The third-order valence-corrected chi connectivity index (χ3v) is 4.35. The summed E-state index contributed by atoms with van der Waals surface area (Å²) in [4.78, 5) is 4.12. The SMILES string of the molecule is COc1c(Br)cc(CNc2cnc(Cl)c(C)c2)cc1Br. The van der Waals surface area contributed by atoms with E-state index < -0.39 is 0 Å². The van der Waals surface area contributed by atoms with Crippen LogP contribution in [0.25, 0.3) is 0 Å². The third kappa shape index (κ3) is 3.65. The van der Waals surface area contributed by atoms with Crippen molar-refractivity contribution in [3.05, 3.63) is 49.6 Å². The van der Waals surface area contributed by atoms with Gasteiger partial charge in [0, 0.05) is 6.54 Å². The summed E-state index contributed by atoms with van der Waals surface area (Å²) in [5, 5.41) is 3.85. The van der Waals surface area contributed by atoms with E-state index in [1.165, 1.54) is 0 Å². The van der Waals surface area contributed by atoms with Gasteiger partial charge in [0.2, 0.25) is 0 Å². The molecule has 1 N–H and O–H groups in total. The maximum absolute atomic E-state index is 5.91. The number of aromatic nitrogens is 1. The summed E-state index contributed by atoms with van der Waals surface area (Å²) in [6.07, 6.45) is 1.73. The second kappa shape index (κ2) is 6.78. The maximum atomic E-state index is 5.91. The second-order valence-corrected chi connectivity index (χ2v) is 6.34. The van der Waals surface area contributed by atoms with Gasteiger partial charge >= 0.3 is 0 Å². The number of aryl methyl sites for hydroxylation is 1. The molecule has 0 amide bonds. The molecule has 0 saturated heterocycles. The summed E-state index contributed by atoms with van der Waals surface area (Å²) >= 11 is 12.9. The molecule has 1 aromatic heterocycles. The molecule has 2 aromatic rings. The number of nitrogens with zero attached hydrogens (tertiary/aromatic N) is 1. The van der Waals surface area contributed by atoms with Crippen LogP contribution in [0.1, 0.15) is 11.1 Å². The summed E-state index contributed by atoms with van der Waals surface area (Å²) in [7, 11) is 1.64. The average Bonchev–Trinajstić information content (AvgIpc) is 2.40. The highest BCUT2D eigenvalue weighted by molar-refractivity contribution is 9.11. The molecule has 1 aromatic carbocycles. The van der Waals surface area contributed by atoms with Crippen molar-refractivity contribution in [1.82, 2.24) is 4.98 Å². The molecule has 6 heteroatoms. The zero-order chi connectivity index (χ0) is 14.7. The van der Waals surface area contributed by atoms with E-state index in [-0.39, 0.29) is 0 Å². The van der Waals surface area contributed by atoms with Gasteiger partial charge in [0.15, 0.2) is 0 Å². The molecular formula is C14H13Br2ClN2O. The molecule has 106 valence electrons. The lowest BCUT2D eigenvalue weighted by atomic mass is 10.2. The Balaban J connectivity index is 2.13. The van der Waals surface area contributed by atoms with Crippen molar-refractivity contribution in [1.29, 1.82) is 0 Å². The molecular weight excluding hydrogens is 407 g/mol. The molecule has 0 aliphatic rings. The molecule has 0 spiro atoms. The van der Waals surface area contributed by atoms with E-state index in [4.69, 9.17) is 16.3 Å². The minimum atomic E-state index is 0.533. The van der Waals surface area contributed by atoms with Crippen LogP contribution in [0.3, 0.4) is 0 Å². The number of ether oxygens (including phenoxy) is 1. The van der Waals surface area contributed by atoms with Crippen LogP contribution in [0.2, 0.25) is 5.15 Å². The van der Waals surface area contributed by atoms with Crippen molar-refractivity contribution in [3.63, 3.8) is 0 Å². The van der Waals surface area contributed by atoms with Gasteiger partial charge in [0.25, 0.3) is 0 Å². The number of hydrogen-bond donors (Lipinski definition) is 1. The predicted octanol–water partition coefficient (Wildman–Crippen LogP) is 5.19. The molecule has 1 heterocycles. The molecule has 0 fully saturated rings. The van der Waals surface area contributed by atoms with Gasteiger partial charge in [0.05, 0.1) is 27.9 Å². The maximum Gasteiger partial charge on any atom is 0.147 e. The first-order chi connectivity index (χ1) is 9.51. The molecule has 2 rings (SSSR count). The van der Waals surface area contributed by atoms with Crippen molar-refractivity contribution in [2.45, 2.75) is 13.5 Å². The van der Waals surface area contributed by atoms with E-state index >= 15 is 0 Å². The molecule has 0 unspecified atom stereocenters.